The molecule has 0 unspecified atom stereocenters. The number of fused-ring (bicyclic) bond motifs is 7. The van der Waals surface area contributed by atoms with Crippen LogP contribution >= 0.6 is 0 Å². The van der Waals surface area contributed by atoms with E-state index in [2.05, 4.69) is 10.2 Å². The molecule has 3 fully saturated rings. The fourth-order valence-corrected chi connectivity index (χ4v) is 6.18. The lowest BCUT2D eigenvalue weighted by Gasteiger charge is -2.36. The van der Waals surface area contributed by atoms with Crippen LogP contribution in [0.2, 0.25) is 0 Å². The quantitative estimate of drug-likeness (QED) is 0.763. The molecular formula is C23H21N3O3. The van der Waals surface area contributed by atoms with Gasteiger partial charge in [0, 0.05) is 17.3 Å². The number of nitrogens with zero attached hydrogens (tertiary/aromatic N) is 2. The van der Waals surface area contributed by atoms with Crippen molar-refractivity contribution < 1.29 is 14.4 Å². The smallest absolute Gasteiger partial charge is 0.250 e. The van der Waals surface area contributed by atoms with Crippen LogP contribution in [0.4, 0.5) is 11.4 Å². The third-order valence-electron chi connectivity index (χ3n) is 7.16. The number of amides is 3. The topological polar surface area (TPSA) is 69.7 Å². The molecule has 1 N–H and O–H groups in total. The lowest BCUT2D eigenvalue weighted by molar-refractivity contribution is -0.135. The predicted octanol–water partition coefficient (Wildman–Crippen LogP) is 2.43. The van der Waals surface area contributed by atoms with Crippen LogP contribution < -0.4 is 10.2 Å². The molecule has 6 heteroatoms. The highest BCUT2D eigenvalue weighted by molar-refractivity contribution is 6.25. The van der Waals surface area contributed by atoms with Gasteiger partial charge in [-0.15, -0.1) is 0 Å². The minimum absolute atomic E-state index is 0.0804. The molecule has 3 saturated heterocycles. The van der Waals surface area contributed by atoms with Crippen LogP contribution in [-0.4, -0.2) is 35.2 Å². The number of nitrogens with one attached hydrogen (secondary N) is 1. The monoisotopic (exact) mass is 387 g/mol. The van der Waals surface area contributed by atoms with E-state index < -0.39 is 17.4 Å². The van der Waals surface area contributed by atoms with E-state index in [4.69, 9.17) is 0 Å². The summed E-state index contributed by atoms with van der Waals surface area (Å²) in [6, 6.07) is 15.0. The number of carbonyl (C=O) groups is 3. The van der Waals surface area contributed by atoms with Gasteiger partial charge in [-0.2, -0.15) is 0 Å². The standard InChI is InChI=1S/C23H21N3O3/c1-13-6-4-7-14(12-13)26-20(27)18-17-10-5-11-25(17)23(19(18)21(26)28)15-8-2-3-9-16(15)24-22(23)29/h2-4,6-9,12,17-19H,5,10-11H2,1H3,(H,24,29)/t17-,18+,19+,23-/m1/s1. The zero-order valence-electron chi connectivity index (χ0n) is 16.1. The molecule has 29 heavy (non-hydrogen) atoms. The van der Waals surface area contributed by atoms with Crippen LogP contribution in [0.5, 0.6) is 0 Å². The Bertz CT molecular complexity index is 1100. The Hall–Kier alpha value is -2.99. The highest BCUT2D eigenvalue weighted by atomic mass is 16.2. The number of para-hydroxylation sites is 1. The third-order valence-corrected chi connectivity index (χ3v) is 7.16. The van der Waals surface area contributed by atoms with Crippen molar-refractivity contribution in [2.24, 2.45) is 11.8 Å². The summed E-state index contributed by atoms with van der Waals surface area (Å²) in [6.45, 7) is 2.67. The van der Waals surface area contributed by atoms with Gasteiger partial charge in [0.15, 0.2) is 0 Å². The number of anilines is 2. The van der Waals surface area contributed by atoms with Gasteiger partial charge in [-0.05, 0) is 50.1 Å². The molecule has 0 saturated carbocycles. The molecule has 146 valence electrons. The number of rotatable bonds is 1. The first-order valence-corrected chi connectivity index (χ1v) is 10.2. The molecule has 4 aliphatic heterocycles. The Balaban J connectivity index is 1.56. The summed E-state index contributed by atoms with van der Waals surface area (Å²) in [5.74, 6) is -1.78. The maximum atomic E-state index is 13.8. The van der Waals surface area contributed by atoms with Crippen molar-refractivity contribution in [2.45, 2.75) is 31.3 Å². The van der Waals surface area contributed by atoms with Crippen molar-refractivity contribution >= 4 is 29.1 Å². The minimum Gasteiger partial charge on any atom is -0.324 e. The molecule has 4 aliphatic rings. The first kappa shape index (κ1) is 16.9. The Morgan fingerprint density at radius 3 is 2.69 bits per heavy atom. The third kappa shape index (κ3) is 1.88. The second kappa shape index (κ2) is 5.54. The van der Waals surface area contributed by atoms with Gasteiger partial charge < -0.3 is 5.32 Å². The van der Waals surface area contributed by atoms with Crippen molar-refractivity contribution in [3.05, 3.63) is 59.7 Å². The van der Waals surface area contributed by atoms with Crippen LogP contribution in [0.25, 0.3) is 0 Å². The summed E-state index contributed by atoms with van der Waals surface area (Å²) >= 11 is 0. The number of hydrogen-bond donors (Lipinski definition) is 1. The largest absolute Gasteiger partial charge is 0.324 e. The lowest BCUT2D eigenvalue weighted by atomic mass is 9.75. The highest BCUT2D eigenvalue weighted by Gasteiger charge is 2.74. The van der Waals surface area contributed by atoms with E-state index in [1.54, 1.807) is 6.07 Å². The molecule has 1 spiro atoms. The Kier molecular flexibility index (Phi) is 3.23. The van der Waals surface area contributed by atoms with E-state index in [0.29, 0.717) is 5.69 Å². The van der Waals surface area contributed by atoms with Crippen LogP contribution in [0, 0.1) is 18.8 Å². The molecule has 2 aromatic carbocycles. The SMILES string of the molecule is Cc1cccc(N2C(=O)[C@H]3[C@H]4CCCN4[C@@]4(C(=O)Nc5ccccc54)[C@@H]3C2=O)c1. The van der Waals surface area contributed by atoms with Crippen molar-refractivity contribution in [2.75, 3.05) is 16.8 Å². The van der Waals surface area contributed by atoms with E-state index >= 15 is 0 Å². The average molecular weight is 387 g/mol. The fraction of sp³-hybridized carbons (Fsp3) is 0.348. The van der Waals surface area contributed by atoms with Crippen molar-refractivity contribution in [1.82, 2.24) is 4.90 Å². The van der Waals surface area contributed by atoms with Gasteiger partial charge in [-0.3, -0.25) is 19.3 Å². The molecule has 0 aliphatic carbocycles. The zero-order chi connectivity index (χ0) is 19.9. The van der Waals surface area contributed by atoms with Gasteiger partial charge in [-0.1, -0.05) is 30.3 Å². The molecular weight excluding hydrogens is 366 g/mol. The second-order valence-electron chi connectivity index (χ2n) is 8.52. The molecule has 3 amide bonds. The van der Waals surface area contributed by atoms with Crippen LogP contribution in [0.3, 0.4) is 0 Å². The Morgan fingerprint density at radius 1 is 1.03 bits per heavy atom. The van der Waals surface area contributed by atoms with Crippen molar-refractivity contribution in [3.8, 4) is 0 Å². The Morgan fingerprint density at radius 2 is 1.86 bits per heavy atom. The molecule has 0 bridgehead atoms. The molecule has 4 atom stereocenters. The van der Waals surface area contributed by atoms with Gasteiger partial charge in [0.2, 0.25) is 17.7 Å². The van der Waals surface area contributed by atoms with Gasteiger partial charge in [0.25, 0.3) is 0 Å². The molecule has 0 radical (unpaired) electrons. The highest BCUT2D eigenvalue weighted by Crippen LogP contribution is 2.60. The lowest BCUT2D eigenvalue weighted by Crippen LogP contribution is -2.54. The van der Waals surface area contributed by atoms with Gasteiger partial charge in [-0.25, -0.2) is 4.90 Å². The molecule has 4 heterocycles. The van der Waals surface area contributed by atoms with E-state index in [1.807, 2.05) is 49.4 Å². The van der Waals surface area contributed by atoms with Crippen LogP contribution in [0.15, 0.2) is 48.5 Å². The second-order valence-corrected chi connectivity index (χ2v) is 8.52. The maximum absolute atomic E-state index is 13.8. The normalized spacial score (nSPS) is 32.7. The first-order valence-electron chi connectivity index (χ1n) is 10.2. The predicted molar refractivity (Wildman–Crippen MR) is 107 cm³/mol. The number of benzene rings is 2. The van der Waals surface area contributed by atoms with Crippen molar-refractivity contribution in [1.29, 1.82) is 0 Å². The molecule has 0 aromatic heterocycles. The summed E-state index contributed by atoms with van der Waals surface area (Å²) in [7, 11) is 0. The van der Waals surface area contributed by atoms with Crippen LogP contribution in [0.1, 0.15) is 24.0 Å². The maximum Gasteiger partial charge on any atom is 0.250 e. The number of carbonyl (C=O) groups excluding carboxylic acids is 3. The number of imide groups is 1. The average Bonchev–Trinajstić information content (AvgIpc) is 3.40. The van der Waals surface area contributed by atoms with E-state index in [9.17, 15) is 14.4 Å². The van der Waals surface area contributed by atoms with Gasteiger partial charge in [0.1, 0.15) is 5.54 Å². The number of hydrogen-bond acceptors (Lipinski definition) is 4. The summed E-state index contributed by atoms with van der Waals surface area (Å²) in [5.41, 5.74) is 2.07. The summed E-state index contributed by atoms with van der Waals surface area (Å²) in [4.78, 5) is 44.2. The van der Waals surface area contributed by atoms with E-state index in [0.717, 1.165) is 36.2 Å². The molecule has 6 rings (SSSR count). The summed E-state index contributed by atoms with van der Waals surface area (Å²) in [6.07, 6.45) is 1.76. The Labute approximate surface area is 168 Å². The summed E-state index contributed by atoms with van der Waals surface area (Å²) in [5, 5.41) is 2.99. The van der Waals surface area contributed by atoms with Crippen LogP contribution in [-0.2, 0) is 19.9 Å². The van der Waals surface area contributed by atoms with Gasteiger partial charge in [0.05, 0.1) is 17.5 Å². The number of aryl methyl sites for hydroxylation is 1. The van der Waals surface area contributed by atoms with Gasteiger partial charge >= 0.3 is 0 Å². The van der Waals surface area contributed by atoms with E-state index in [-0.39, 0.29) is 23.8 Å². The van der Waals surface area contributed by atoms with E-state index in [1.165, 1.54) is 4.90 Å². The van der Waals surface area contributed by atoms with Crippen molar-refractivity contribution in [3.63, 3.8) is 0 Å². The molecule has 2 aromatic rings. The minimum atomic E-state index is -1.09. The summed E-state index contributed by atoms with van der Waals surface area (Å²) < 4.78 is 0. The first-order chi connectivity index (χ1) is 14.0. The fourth-order valence-electron chi connectivity index (χ4n) is 6.18. The molecule has 6 nitrogen and oxygen atoms in total. The zero-order valence-corrected chi connectivity index (χ0v) is 16.1.